The van der Waals surface area contributed by atoms with Gasteiger partial charge in [-0.05, 0) is 45.0 Å². The number of hydrogen-bond acceptors (Lipinski definition) is 4. The van der Waals surface area contributed by atoms with Gasteiger partial charge < -0.3 is 9.64 Å². The van der Waals surface area contributed by atoms with Crippen molar-refractivity contribution in [2.24, 2.45) is 5.41 Å². The first kappa shape index (κ1) is 16.4. The fraction of sp³-hybridized carbons (Fsp3) is 0.667. The number of aryl methyl sites for hydroxylation is 1. The number of hydrogen-bond donors (Lipinski definition) is 0. The van der Waals surface area contributed by atoms with E-state index in [9.17, 15) is 4.79 Å². The van der Waals surface area contributed by atoms with Gasteiger partial charge in [-0.15, -0.1) is 0 Å². The molecule has 0 N–H and O–H groups in total. The summed E-state index contributed by atoms with van der Waals surface area (Å²) in [7, 11) is 0. The van der Waals surface area contributed by atoms with E-state index in [1.165, 1.54) is 0 Å². The van der Waals surface area contributed by atoms with Gasteiger partial charge in [-0.1, -0.05) is 6.07 Å². The second-order valence-corrected chi connectivity index (χ2v) is 7.04. The van der Waals surface area contributed by atoms with E-state index in [1.807, 2.05) is 17.9 Å². The number of ether oxygens (including phenoxy) is 1. The van der Waals surface area contributed by atoms with Gasteiger partial charge in [0.05, 0.1) is 18.9 Å². The van der Waals surface area contributed by atoms with Crippen molar-refractivity contribution in [1.29, 1.82) is 0 Å². The third-order valence-electron chi connectivity index (χ3n) is 5.13. The molecule has 1 spiro atoms. The maximum Gasteiger partial charge on any atom is 0.219 e. The number of likely N-dealkylation sites (tertiary alicyclic amines) is 1. The number of nitrogens with zero attached hydrogens (tertiary/aromatic N) is 3. The van der Waals surface area contributed by atoms with Crippen LogP contribution in [0.1, 0.15) is 31.2 Å². The van der Waals surface area contributed by atoms with E-state index in [4.69, 9.17) is 4.74 Å². The van der Waals surface area contributed by atoms with Gasteiger partial charge in [0.1, 0.15) is 0 Å². The number of piperidine rings is 1. The predicted octanol–water partition coefficient (Wildman–Crippen LogP) is 1.85. The number of pyridine rings is 1. The van der Waals surface area contributed by atoms with Crippen molar-refractivity contribution in [2.75, 3.05) is 39.4 Å². The van der Waals surface area contributed by atoms with E-state index in [0.717, 1.165) is 63.6 Å². The lowest BCUT2D eigenvalue weighted by Gasteiger charge is -2.42. The minimum atomic E-state index is 0.138. The monoisotopic (exact) mass is 317 g/mol. The molecule has 0 aliphatic carbocycles. The van der Waals surface area contributed by atoms with Gasteiger partial charge in [0.2, 0.25) is 5.91 Å². The maximum absolute atomic E-state index is 11.8. The summed E-state index contributed by atoms with van der Waals surface area (Å²) < 4.78 is 5.81. The Morgan fingerprint density at radius 2 is 2.09 bits per heavy atom. The average molecular weight is 317 g/mol. The summed E-state index contributed by atoms with van der Waals surface area (Å²) in [6.07, 6.45) is 2.17. The number of carbonyl (C=O) groups excluding carboxylic acids is 1. The van der Waals surface area contributed by atoms with E-state index in [2.05, 4.69) is 22.0 Å². The zero-order chi connectivity index (χ0) is 16.3. The van der Waals surface area contributed by atoms with Gasteiger partial charge in [-0.2, -0.15) is 0 Å². The third kappa shape index (κ3) is 4.09. The van der Waals surface area contributed by atoms with Crippen molar-refractivity contribution in [2.45, 2.75) is 33.2 Å². The summed E-state index contributed by atoms with van der Waals surface area (Å²) in [6.45, 7) is 9.73. The van der Waals surface area contributed by atoms with Crippen LogP contribution in [0.3, 0.4) is 0 Å². The maximum atomic E-state index is 11.8. The first-order valence-electron chi connectivity index (χ1n) is 8.55. The van der Waals surface area contributed by atoms with E-state index < -0.39 is 0 Å². The predicted molar refractivity (Wildman–Crippen MR) is 89.0 cm³/mol. The fourth-order valence-electron chi connectivity index (χ4n) is 3.67. The minimum Gasteiger partial charge on any atom is -0.379 e. The normalized spacial score (nSPS) is 22.1. The molecule has 0 saturated carbocycles. The molecule has 5 nitrogen and oxygen atoms in total. The molecule has 1 aromatic rings. The summed E-state index contributed by atoms with van der Waals surface area (Å²) in [5.74, 6) is 0.168. The van der Waals surface area contributed by atoms with Gasteiger partial charge in [-0.25, -0.2) is 0 Å². The SMILES string of the molecule is CC(=O)N1CCOCC2(CCN(Cc3cccc(C)n3)CC2)C1. The molecular weight excluding hydrogens is 290 g/mol. The highest BCUT2D eigenvalue weighted by atomic mass is 16.5. The summed E-state index contributed by atoms with van der Waals surface area (Å²) in [5, 5.41) is 0. The van der Waals surface area contributed by atoms with Crippen molar-refractivity contribution in [3.8, 4) is 0 Å². The number of amides is 1. The van der Waals surface area contributed by atoms with Crippen molar-refractivity contribution in [1.82, 2.24) is 14.8 Å². The van der Waals surface area contributed by atoms with Crippen LogP contribution in [0.5, 0.6) is 0 Å². The van der Waals surface area contributed by atoms with Gasteiger partial charge in [-0.3, -0.25) is 14.7 Å². The molecule has 2 saturated heterocycles. The van der Waals surface area contributed by atoms with Gasteiger partial charge in [0.25, 0.3) is 0 Å². The van der Waals surface area contributed by atoms with Crippen molar-refractivity contribution in [3.05, 3.63) is 29.6 Å². The van der Waals surface area contributed by atoms with E-state index in [0.29, 0.717) is 6.61 Å². The topological polar surface area (TPSA) is 45.7 Å². The van der Waals surface area contributed by atoms with Crippen molar-refractivity contribution in [3.63, 3.8) is 0 Å². The van der Waals surface area contributed by atoms with Gasteiger partial charge in [0.15, 0.2) is 0 Å². The fourth-order valence-corrected chi connectivity index (χ4v) is 3.67. The Bertz CT molecular complexity index is 553. The van der Waals surface area contributed by atoms with E-state index >= 15 is 0 Å². The molecule has 3 heterocycles. The minimum absolute atomic E-state index is 0.138. The number of aromatic nitrogens is 1. The van der Waals surface area contributed by atoms with Gasteiger partial charge in [0, 0.05) is 37.7 Å². The number of rotatable bonds is 2. The Morgan fingerprint density at radius 1 is 1.30 bits per heavy atom. The van der Waals surface area contributed by atoms with Crippen LogP contribution in [0.4, 0.5) is 0 Å². The van der Waals surface area contributed by atoms with Crippen LogP contribution in [0.15, 0.2) is 18.2 Å². The quantitative estimate of drug-likeness (QED) is 0.835. The first-order chi connectivity index (χ1) is 11.1. The molecule has 23 heavy (non-hydrogen) atoms. The molecule has 1 amide bonds. The Morgan fingerprint density at radius 3 is 2.78 bits per heavy atom. The summed E-state index contributed by atoms with van der Waals surface area (Å²) in [5.41, 5.74) is 2.35. The first-order valence-corrected chi connectivity index (χ1v) is 8.55. The second kappa shape index (κ2) is 6.97. The van der Waals surface area contributed by atoms with Crippen LogP contribution in [-0.2, 0) is 16.1 Å². The molecule has 1 aromatic heterocycles. The largest absolute Gasteiger partial charge is 0.379 e. The van der Waals surface area contributed by atoms with Crippen LogP contribution in [0.2, 0.25) is 0 Å². The summed E-state index contributed by atoms with van der Waals surface area (Å²) in [4.78, 5) is 20.8. The molecule has 5 heteroatoms. The lowest BCUT2D eigenvalue weighted by Crippen LogP contribution is -2.48. The highest BCUT2D eigenvalue weighted by Gasteiger charge is 2.38. The van der Waals surface area contributed by atoms with Crippen LogP contribution >= 0.6 is 0 Å². The summed E-state index contributed by atoms with van der Waals surface area (Å²) >= 11 is 0. The molecule has 0 bridgehead atoms. The zero-order valence-electron chi connectivity index (χ0n) is 14.3. The molecular formula is C18H27N3O2. The molecule has 0 radical (unpaired) electrons. The van der Waals surface area contributed by atoms with Crippen LogP contribution in [0, 0.1) is 12.3 Å². The molecule has 0 unspecified atom stereocenters. The van der Waals surface area contributed by atoms with Crippen molar-refractivity contribution < 1.29 is 9.53 Å². The number of carbonyl (C=O) groups is 1. The molecule has 2 aliphatic heterocycles. The van der Waals surface area contributed by atoms with Crippen LogP contribution in [-0.4, -0.2) is 60.1 Å². The summed E-state index contributed by atoms with van der Waals surface area (Å²) in [6, 6.07) is 6.21. The molecule has 2 aliphatic rings. The van der Waals surface area contributed by atoms with E-state index in [1.54, 1.807) is 6.92 Å². The van der Waals surface area contributed by atoms with Crippen LogP contribution in [0.25, 0.3) is 0 Å². The second-order valence-electron chi connectivity index (χ2n) is 7.04. The zero-order valence-corrected chi connectivity index (χ0v) is 14.3. The van der Waals surface area contributed by atoms with E-state index in [-0.39, 0.29) is 11.3 Å². The molecule has 2 fully saturated rings. The lowest BCUT2D eigenvalue weighted by atomic mass is 9.78. The highest BCUT2D eigenvalue weighted by Crippen LogP contribution is 2.34. The lowest BCUT2D eigenvalue weighted by molar-refractivity contribution is -0.130. The Labute approximate surface area is 138 Å². The van der Waals surface area contributed by atoms with Gasteiger partial charge >= 0.3 is 0 Å². The van der Waals surface area contributed by atoms with Crippen molar-refractivity contribution >= 4 is 5.91 Å². The Hall–Kier alpha value is -1.46. The molecule has 126 valence electrons. The van der Waals surface area contributed by atoms with Crippen LogP contribution < -0.4 is 0 Å². The standard InChI is InChI=1S/C18H27N3O2/c1-15-4-3-5-17(19-15)12-20-8-6-18(7-9-20)13-21(16(2)22)10-11-23-14-18/h3-5H,6-14H2,1-2H3. The third-order valence-corrected chi connectivity index (χ3v) is 5.13. The molecule has 0 atom stereocenters. The molecule has 3 rings (SSSR count). The Kier molecular flexibility index (Phi) is 4.97. The average Bonchev–Trinajstić information content (AvgIpc) is 2.73. The Balaban J connectivity index is 1.59. The smallest absolute Gasteiger partial charge is 0.219 e. The molecule has 0 aromatic carbocycles. The highest BCUT2D eigenvalue weighted by molar-refractivity contribution is 5.73.